The predicted molar refractivity (Wildman–Crippen MR) is 78.6 cm³/mol. The van der Waals surface area contributed by atoms with Gasteiger partial charge in [-0.1, -0.05) is 6.07 Å². The van der Waals surface area contributed by atoms with Crippen LogP contribution in [0.5, 0.6) is 0 Å². The van der Waals surface area contributed by atoms with Crippen molar-refractivity contribution in [1.82, 2.24) is 5.32 Å². The summed E-state index contributed by atoms with van der Waals surface area (Å²) in [4.78, 5) is 11.0. The lowest BCUT2D eigenvalue weighted by Gasteiger charge is -2.33. The van der Waals surface area contributed by atoms with E-state index in [1.54, 1.807) is 12.1 Å². The van der Waals surface area contributed by atoms with E-state index in [4.69, 9.17) is 5.11 Å². The molecule has 0 amide bonds. The number of aryl methyl sites for hydroxylation is 1. The standard InChI is InChI=1S/C17H22FNO2/c18-13-7-4-11-2-1-3-16(15(11)10-13)19-14-8-5-12(6-9-14)17(20)21/h4,7,10,12,14,16,19H,1-3,5-6,8-9H2,(H,20,21)/t12?,14?,16-/m0/s1. The summed E-state index contributed by atoms with van der Waals surface area (Å²) in [6.45, 7) is 0. The monoisotopic (exact) mass is 291 g/mol. The Morgan fingerprint density at radius 3 is 2.67 bits per heavy atom. The second-order valence-electron chi connectivity index (χ2n) is 6.34. The molecule has 0 heterocycles. The SMILES string of the molecule is O=C(O)C1CCC(N[C@H]2CCCc3ccc(F)cc32)CC1. The Hall–Kier alpha value is -1.42. The lowest BCUT2D eigenvalue weighted by molar-refractivity contribution is -0.142. The average Bonchev–Trinajstić information content (AvgIpc) is 2.48. The third-order valence-electron chi connectivity index (χ3n) is 4.94. The number of aliphatic carboxylic acids is 1. The lowest BCUT2D eigenvalue weighted by atomic mass is 9.83. The molecule has 0 aliphatic heterocycles. The topological polar surface area (TPSA) is 49.3 Å². The molecule has 0 bridgehead atoms. The molecule has 1 saturated carbocycles. The molecule has 0 aromatic heterocycles. The van der Waals surface area contributed by atoms with Gasteiger partial charge in [-0.25, -0.2) is 4.39 Å². The van der Waals surface area contributed by atoms with E-state index < -0.39 is 5.97 Å². The largest absolute Gasteiger partial charge is 0.481 e. The molecule has 0 spiro atoms. The first-order chi connectivity index (χ1) is 10.1. The molecule has 1 aromatic rings. The summed E-state index contributed by atoms with van der Waals surface area (Å²) in [5, 5.41) is 12.7. The van der Waals surface area contributed by atoms with E-state index in [1.807, 2.05) is 6.07 Å². The van der Waals surface area contributed by atoms with Crippen LogP contribution >= 0.6 is 0 Å². The molecule has 0 unspecified atom stereocenters. The summed E-state index contributed by atoms with van der Waals surface area (Å²) >= 11 is 0. The molecule has 1 fully saturated rings. The highest BCUT2D eigenvalue weighted by molar-refractivity contribution is 5.70. The van der Waals surface area contributed by atoms with Crippen molar-refractivity contribution < 1.29 is 14.3 Å². The molecule has 2 N–H and O–H groups in total. The zero-order valence-corrected chi connectivity index (χ0v) is 12.1. The molecular weight excluding hydrogens is 269 g/mol. The number of halogens is 1. The van der Waals surface area contributed by atoms with Crippen molar-refractivity contribution in [1.29, 1.82) is 0 Å². The van der Waals surface area contributed by atoms with Gasteiger partial charge in [0.15, 0.2) is 0 Å². The summed E-state index contributed by atoms with van der Waals surface area (Å²) in [5.41, 5.74) is 2.35. The Bertz CT molecular complexity index is 524. The summed E-state index contributed by atoms with van der Waals surface area (Å²) in [7, 11) is 0. The van der Waals surface area contributed by atoms with E-state index >= 15 is 0 Å². The van der Waals surface area contributed by atoms with Crippen LogP contribution in [0.2, 0.25) is 0 Å². The Labute approximate surface area is 124 Å². The Morgan fingerprint density at radius 2 is 1.95 bits per heavy atom. The quantitative estimate of drug-likeness (QED) is 0.897. The van der Waals surface area contributed by atoms with Crippen LogP contribution < -0.4 is 5.32 Å². The molecule has 1 aromatic carbocycles. The number of hydrogen-bond donors (Lipinski definition) is 2. The smallest absolute Gasteiger partial charge is 0.306 e. The van der Waals surface area contributed by atoms with Crippen molar-refractivity contribution in [3.63, 3.8) is 0 Å². The van der Waals surface area contributed by atoms with Crippen molar-refractivity contribution in [3.05, 3.63) is 35.1 Å². The molecule has 3 nitrogen and oxygen atoms in total. The average molecular weight is 291 g/mol. The third kappa shape index (κ3) is 3.26. The van der Waals surface area contributed by atoms with Crippen LogP contribution in [-0.2, 0) is 11.2 Å². The van der Waals surface area contributed by atoms with Crippen LogP contribution in [0.3, 0.4) is 0 Å². The maximum atomic E-state index is 13.5. The van der Waals surface area contributed by atoms with Crippen molar-refractivity contribution in [2.75, 3.05) is 0 Å². The van der Waals surface area contributed by atoms with Crippen LogP contribution in [0.25, 0.3) is 0 Å². The van der Waals surface area contributed by atoms with Crippen LogP contribution in [0, 0.1) is 11.7 Å². The highest BCUT2D eigenvalue weighted by atomic mass is 19.1. The molecule has 21 heavy (non-hydrogen) atoms. The van der Waals surface area contributed by atoms with Crippen molar-refractivity contribution in [3.8, 4) is 0 Å². The summed E-state index contributed by atoms with van der Waals surface area (Å²) < 4.78 is 13.5. The molecule has 2 aliphatic rings. The van der Waals surface area contributed by atoms with Gasteiger partial charge in [0.25, 0.3) is 0 Å². The van der Waals surface area contributed by atoms with Gasteiger partial charge in [0.05, 0.1) is 5.92 Å². The first-order valence-electron chi connectivity index (χ1n) is 7.90. The van der Waals surface area contributed by atoms with E-state index in [-0.39, 0.29) is 17.8 Å². The maximum Gasteiger partial charge on any atom is 0.306 e. The van der Waals surface area contributed by atoms with Crippen molar-refractivity contribution >= 4 is 5.97 Å². The first kappa shape index (κ1) is 14.5. The second kappa shape index (κ2) is 6.14. The van der Waals surface area contributed by atoms with Crippen molar-refractivity contribution in [2.24, 2.45) is 5.92 Å². The molecule has 3 rings (SSSR count). The van der Waals surface area contributed by atoms with Gasteiger partial charge in [0.2, 0.25) is 0 Å². The Kier molecular flexibility index (Phi) is 4.24. The lowest BCUT2D eigenvalue weighted by Crippen LogP contribution is -2.38. The van der Waals surface area contributed by atoms with E-state index in [0.29, 0.717) is 6.04 Å². The summed E-state index contributed by atoms with van der Waals surface area (Å²) in [6, 6.07) is 5.68. The van der Waals surface area contributed by atoms with Gasteiger partial charge in [0, 0.05) is 12.1 Å². The van der Waals surface area contributed by atoms with E-state index in [2.05, 4.69) is 5.32 Å². The van der Waals surface area contributed by atoms with Gasteiger partial charge < -0.3 is 10.4 Å². The third-order valence-corrected chi connectivity index (χ3v) is 4.94. The fourth-order valence-electron chi connectivity index (χ4n) is 3.73. The normalized spacial score (nSPS) is 28.9. The number of fused-ring (bicyclic) bond motifs is 1. The minimum atomic E-state index is -0.668. The van der Waals surface area contributed by atoms with Gasteiger partial charge in [-0.2, -0.15) is 0 Å². The van der Waals surface area contributed by atoms with Crippen LogP contribution in [0.4, 0.5) is 4.39 Å². The molecule has 0 radical (unpaired) electrons. The Morgan fingerprint density at radius 1 is 1.19 bits per heavy atom. The van der Waals surface area contributed by atoms with Gasteiger partial charge in [0.1, 0.15) is 5.82 Å². The minimum Gasteiger partial charge on any atom is -0.481 e. The minimum absolute atomic E-state index is 0.169. The second-order valence-corrected chi connectivity index (χ2v) is 6.34. The van der Waals surface area contributed by atoms with E-state index in [1.165, 1.54) is 5.56 Å². The Balaban J connectivity index is 1.65. The van der Waals surface area contributed by atoms with E-state index in [0.717, 1.165) is 50.5 Å². The number of nitrogens with one attached hydrogen (secondary N) is 1. The van der Waals surface area contributed by atoms with E-state index in [9.17, 15) is 9.18 Å². The summed E-state index contributed by atoms with van der Waals surface area (Å²) in [6.07, 6.45) is 6.48. The van der Waals surface area contributed by atoms with Crippen LogP contribution in [-0.4, -0.2) is 17.1 Å². The molecule has 4 heteroatoms. The number of carboxylic acids is 1. The fraction of sp³-hybridized carbons (Fsp3) is 0.588. The number of carboxylic acid groups (broad SMARTS) is 1. The van der Waals surface area contributed by atoms with Crippen LogP contribution in [0.1, 0.15) is 55.7 Å². The highest BCUT2D eigenvalue weighted by Gasteiger charge is 2.29. The zero-order chi connectivity index (χ0) is 14.8. The number of hydrogen-bond acceptors (Lipinski definition) is 2. The fourth-order valence-corrected chi connectivity index (χ4v) is 3.73. The molecule has 0 saturated heterocycles. The van der Waals surface area contributed by atoms with Gasteiger partial charge in [-0.15, -0.1) is 0 Å². The number of benzene rings is 1. The number of rotatable bonds is 3. The predicted octanol–water partition coefficient (Wildman–Crippen LogP) is 3.44. The molecule has 114 valence electrons. The van der Waals surface area contributed by atoms with Gasteiger partial charge in [-0.3, -0.25) is 4.79 Å². The molecule has 2 aliphatic carbocycles. The van der Waals surface area contributed by atoms with Gasteiger partial charge >= 0.3 is 5.97 Å². The first-order valence-corrected chi connectivity index (χ1v) is 7.90. The molecule has 1 atom stereocenters. The molecular formula is C17H22FNO2. The number of carbonyl (C=O) groups is 1. The maximum absolute atomic E-state index is 13.5. The summed E-state index contributed by atoms with van der Waals surface area (Å²) in [5.74, 6) is -1.02. The van der Waals surface area contributed by atoms with Crippen molar-refractivity contribution in [2.45, 2.75) is 57.0 Å². The van der Waals surface area contributed by atoms with Gasteiger partial charge in [-0.05, 0) is 68.2 Å². The van der Waals surface area contributed by atoms with Crippen LogP contribution in [0.15, 0.2) is 18.2 Å². The highest BCUT2D eigenvalue weighted by Crippen LogP contribution is 2.33. The zero-order valence-electron chi connectivity index (χ0n) is 12.1.